The lowest BCUT2D eigenvalue weighted by atomic mass is 9.91. The van der Waals surface area contributed by atoms with E-state index in [-0.39, 0.29) is 30.9 Å². The van der Waals surface area contributed by atoms with Gasteiger partial charge in [-0.1, -0.05) is 18.2 Å². The molecule has 5 rings (SSSR count). The monoisotopic (exact) mass is 489 g/mol. The average molecular weight is 490 g/mol. The number of nitrogens with one attached hydrogen (secondary N) is 2. The Morgan fingerprint density at radius 2 is 1.81 bits per heavy atom. The number of para-hydroxylation sites is 1. The number of aromatic nitrogens is 4. The van der Waals surface area contributed by atoms with E-state index in [9.17, 15) is 9.18 Å². The number of imidazole rings is 1. The summed E-state index contributed by atoms with van der Waals surface area (Å²) in [6.45, 7) is 2.08. The highest BCUT2D eigenvalue weighted by atomic mass is 19.1. The molecular formula is C26H24FN5O4. The third kappa shape index (κ3) is 4.81. The molecule has 1 fully saturated rings. The smallest absolute Gasteiger partial charge is 0.322 e. The second-order valence-electron chi connectivity index (χ2n) is 8.59. The highest BCUT2D eigenvalue weighted by Gasteiger charge is 2.40. The number of hydrogen-bond acceptors (Lipinski definition) is 7. The SMILES string of the molecule is CNC(=O)C1(C)COC(c2nc(-c3ccc(F)cc3)c(-c3ccnc(Oc4ccccc4)n3)[nH]2)OC1. The first-order valence-electron chi connectivity index (χ1n) is 11.3. The minimum absolute atomic E-state index is 0.155. The number of rotatable bonds is 6. The zero-order chi connectivity index (χ0) is 25.1. The molecule has 184 valence electrons. The van der Waals surface area contributed by atoms with Crippen molar-refractivity contribution in [2.24, 2.45) is 5.41 Å². The van der Waals surface area contributed by atoms with E-state index in [1.54, 1.807) is 50.5 Å². The van der Waals surface area contributed by atoms with Crippen LogP contribution in [0.1, 0.15) is 19.0 Å². The molecule has 0 unspecified atom stereocenters. The topological polar surface area (TPSA) is 111 Å². The summed E-state index contributed by atoms with van der Waals surface area (Å²) in [4.78, 5) is 28.9. The Hall–Kier alpha value is -4.15. The maximum absolute atomic E-state index is 13.6. The number of nitrogens with zero attached hydrogens (tertiary/aromatic N) is 3. The van der Waals surface area contributed by atoms with E-state index in [1.165, 1.54) is 12.1 Å². The predicted molar refractivity (Wildman–Crippen MR) is 128 cm³/mol. The molecule has 36 heavy (non-hydrogen) atoms. The number of carbonyl (C=O) groups excluding carboxylic acids is 1. The average Bonchev–Trinajstić information content (AvgIpc) is 3.35. The Labute approximate surface area is 206 Å². The van der Waals surface area contributed by atoms with Crippen molar-refractivity contribution in [3.63, 3.8) is 0 Å². The Bertz CT molecular complexity index is 1350. The van der Waals surface area contributed by atoms with Crippen LogP contribution in [0.2, 0.25) is 0 Å². The van der Waals surface area contributed by atoms with Crippen molar-refractivity contribution in [2.45, 2.75) is 13.2 Å². The van der Waals surface area contributed by atoms with E-state index in [2.05, 4.69) is 20.3 Å². The van der Waals surface area contributed by atoms with Crippen LogP contribution in [0.5, 0.6) is 11.8 Å². The molecule has 0 atom stereocenters. The number of ether oxygens (including phenoxy) is 3. The van der Waals surface area contributed by atoms with Crippen LogP contribution in [0.25, 0.3) is 22.6 Å². The molecule has 0 spiro atoms. The van der Waals surface area contributed by atoms with E-state index in [0.29, 0.717) is 34.2 Å². The van der Waals surface area contributed by atoms with Crippen LogP contribution in [0.15, 0.2) is 66.9 Å². The Morgan fingerprint density at radius 3 is 2.50 bits per heavy atom. The summed E-state index contributed by atoms with van der Waals surface area (Å²) in [6.07, 6.45) is 0.760. The van der Waals surface area contributed by atoms with Gasteiger partial charge < -0.3 is 24.5 Å². The number of carbonyl (C=O) groups is 1. The van der Waals surface area contributed by atoms with Gasteiger partial charge in [0.05, 0.1) is 35.7 Å². The third-order valence-electron chi connectivity index (χ3n) is 5.79. The molecule has 0 saturated carbocycles. The van der Waals surface area contributed by atoms with Gasteiger partial charge in [0.15, 0.2) is 5.82 Å². The van der Waals surface area contributed by atoms with E-state index in [4.69, 9.17) is 19.2 Å². The van der Waals surface area contributed by atoms with E-state index < -0.39 is 11.7 Å². The Balaban J connectivity index is 1.49. The molecule has 10 heteroatoms. The number of amides is 1. The van der Waals surface area contributed by atoms with Crippen LogP contribution in [-0.2, 0) is 14.3 Å². The summed E-state index contributed by atoms with van der Waals surface area (Å²) in [5.41, 5.74) is 1.46. The lowest BCUT2D eigenvalue weighted by Crippen LogP contribution is -2.47. The van der Waals surface area contributed by atoms with Crippen LogP contribution in [0, 0.1) is 11.2 Å². The van der Waals surface area contributed by atoms with E-state index in [1.807, 2.05) is 18.2 Å². The van der Waals surface area contributed by atoms with Crippen LogP contribution in [-0.4, -0.2) is 46.1 Å². The van der Waals surface area contributed by atoms with E-state index in [0.717, 1.165) is 0 Å². The number of H-pyrrole nitrogens is 1. The summed E-state index contributed by atoms with van der Waals surface area (Å²) in [5.74, 6) is 0.471. The van der Waals surface area contributed by atoms with Crippen molar-refractivity contribution < 1.29 is 23.4 Å². The van der Waals surface area contributed by atoms with Gasteiger partial charge in [-0.15, -0.1) is 0 Å². The van der Waals surface area contributed by atoms with Crippen molar-refractivity contribution in [3.05, 3.63) is 78.5 Å². The van der Waals surface area contributed by atoms with E-state index >= 15 is 0 Å². The summed E-state index contributed by atoms with van der Waals surface area (Å²) in [7, 11) is 1.57. The molecule has 1 amide bonds. The van der Waals surface area contributed by atoms with Crippen molar-refractivity contribution >= 4 is 5.91 Å². The first kappa shape index (κ1) is 23.6. The zero-order valence-electron chi connectivity index (χ0n) is 19.7. The van der Waals surface area contributed by atoms with Gasteiger partial charge in [-0.3, -0.25) is 4.79 Å². The maximum Gasteiger partial charge on any atom is 0.322 e. The van der Waals surface area contributed by atoms with Gasteiger partial charge in [0.2, 0.25) is 12.2 Å². The van der Waals surface area contributed by atoms with Crippen LogP contribution in [0.4, 0.5) is 4.39 Å². The Morgan fingerprint density at radius 1 is 1.08 bits per heavy atom. The fourth-order valence-corrected chi connectivity index (χ4v) is 3.83. The van der Waals surface area contributed by atoms with Gasteiger partial charge >= 0.3 is 6.01 Å². The first-order valence-corrected chi connectivity index (χ1v) is 11.3. The minimum atomic E-state index is -0.822. The fourth-order valence-electron chi connectivity index (χ4n) is 3.83. The lowest BCUT2D eigenvalue weighted by molar-refractivity contribution is -0.230. The normalized spacial score (nSPS) is 19.6. The Kier molecular flexibility index (Phi) is 6.45. The second kappa shape index (κ2) is 9.84. The third-order valence-corrected chi connectivity index (χ3v) is 5.79. The summed E-state index contributed by atoms with van der Waals surface area (Å²) in [6, 6.07) is 17.1. The lowest BCUT2D eigenvalue weighted by Gasteiger charge is -2.34. The van der Waals surface area contributed by atoms with Crippen LogP contribution < -0.4 is 10.1 Å². The van der Waals surface area contributed by atoms with Crippen molar-refractivity contribution in [1.82, 2.24) is 25.3 Å². The minimum Gasteiger partial charge on any atom is -0.424 e. The second-order valence-corrected chi connectivity index (χ2v) is 8.59. The van der Waals surface area contributed by atoms with Gasteiger partial charge in [0.1, 0.15) is 11.6 Å². The molecule has 0 bridgehead atoms. The number of benzene rings is 2. The molecule has 9 nitrogen and oxygen atoms in total. The molecule has 1 saturated heterocycles. The van der Waals surface area contributed by atoms with Crippen molar-refractivity contribution in [3.8, 4) is 34.4 Å². The van der Waals surface area contributed by atoms with Gasteiger partial charge in [-0.05, 0) is 49.4 Å². The quantitative estimate of drug-likeness (QED) is 0.416. The number of hydrogen-bond donors (Lipinski definition) is 2. The summed E-state index contributed by atoms with van der Waals surface area (Å²) < 4.78 is 31.1. The van der Waals surface area contributed by atoms with Gasteiger partial charge in [0.25, 0.3) is 0 Å². The van der Waals surface area contributed by atoms with Gasteiger partial charge in [0, 0.05) is 18.8 Å². The standard InChI is InChI=1S/C26H24FN5O4/c1-26(24(33)28-2)14-34-23(35-15-26)22-31-20(16-8-10-17(27)11-9-16)21(32-22)19-12-13-29-25(30-19)36-18-6-4-3-5-7-18/h3-13,23H,14-15H2,1-2H3,(H,28,33)(H,31,32). The molecule has 0 aliphatic carbocycles. The molecular weight excluding hydrogens is 465 g/mol. The van der Waals surface area contributed by atoms with Crippen LogP contribution >= 0.6 is 0 Å². The van der Waals surface area contributed by atoms with Gasteiger partial charge in [-0.25, -0.2) is 14.4 Å². The molecule has 1 aliphatic heterocycles. The molecule has 2 N–H and O–H groups in total. The summed E-state index contributed by atoms with van der Waals surface area (Å²) >= 11 is 0. The number of aromatic amines is 1. The van der Waals surface area contributed by atoms with Crippen LogP contribution in [0.3, 0.4) is 0 Å². The molecule has 2 aromatic heterocycles. The fraction of sp³-hybridized carbons (Fsp3) is 0.231. The molecule has 3 heterocycles. The first-order chi connectivity index (χ1) is 17.4. The molecule has 0 radical (unpaired) electrons. The molecule has 1 aliphatic rings. The maximum atomic E-state index is 13.6. The zero-order valence-corrected chi connectivity index (χ0v) is 19.7. The highest BCUT2D eigenvalue weighted by Crippen LogP contribution is 2.35. The van der Waals surface area contributed by atoms with Crippen molar-refractivity contribution in [2.75, 3.05) is 20.3 Å². The molecule has 4 aromatic rings. The molecule has 2 aromatic carbocycles. The van der Waals surface area contributed by atoms with Crippen molar-refractivity contribution in [1.29, 1.82) is 0 Å². The largest absolute Gasteiger partial charge is 0.424 e. The predicted octanol–water partition coefficient (Wildman–Crippen LogP) is 4.26. The van der Waals surface area contributed by atoms with Gasteiger partial charge in [-0.2, -0.15) is 4.98 Å². The number of halogens is 1. The highest BCUT2D eigenvalue weighted by molar-refractivity contribution is 5.82. The summed E-state index contributed by atoms with van der Waals surface area (Å²) in [5, 5.41) is 2.63.